The van der Waals surface area contributed by atoms with Crippen molar-refractivity contribution in [2.75, 3.05) is 18.0 Å². The van der Waals surface area contributed by atoms with Crippen LogP contribution in [0.3, 0.4) is 0 Å². The fourth-order valence-corrected chi connectivity index (χ4v) is 6.39. The minimum Gasteiger partial charge on any atom is -1.00 e. The van der Waals surface area contributed by atoms with Gasteiger partial charge in [0.2, 0.25) is 0 Å². The standard InChI is InChI=1S/C43H73N2.HI/c1-4-7-10-13-14-15-16-17-18-19-20-21-22-23-24-25-36-44-39-34-42(35-40-44)29-28-41-30-32-43(33-31-41)45(37-26-11-8-5-2)38-27-12-9-6-3;/h28-35,39-40H,4-27,36-38H2,1-3H3;1H/q+1;/p-1. The third kappa shape index (κ3) is 22.3. The molecule has 2 rings (SSSR count). The van der Waals surface area contributed by atoms with E-state index in [-0.39, 0.29) is 24.0 Å². The normalized spacial score (nSPS) is 11.3. The quantitative estimate of drug-likeness (QED) is 0.0439. The summed E-state index contributed by atoms with van der Waals surface area (Å²) < 4.78 is 2.35. The Hall–Kier alpha value is -1.36. The van der Waals surface area contributed by atoms with Crippen molar-refractivity contribution in [3.05, 3.63) is 59.9 Å². The minimum absolute atomic E-state index is 0. The van der Waals surface area contributed by atoms with E-state index in [4.69, 9.17) is 0 Å². The van der Waals surface area contributed by atoms with E-state index in [0.717, 1.165) is 6.54 Å². The van der Waals surface area contributed by atoms with E-state index in [1.54, 1.807) is 0 Å². The van der Waals surface area contributed by atoms with Gasteiger partial charge in [0.1, 0.15) is 6.54 Å². The van der Waals surface area contributed by atoms with Gasteiger partial charge in [-0.15, -0.1) is 0 Å². The monoisotopic (exact) mass is 744 g/mol. The molecule has 0 atom stereocenters. The zero-order valence-electron chi connectivity index (χ0n) is 30.6. The second-order valence-corrected chi connectivity index (χ2v) is 13.7. The number of unbranched alkanes of at least 4 members (excludes halogenated alkanes) is 21. The summed E-state index contributed by atoms with van der Waals surface area (Å²) in [6, 6.07) is 13.7. The molecule has 1 aromatic carbocycles. The molecule has 262 valence electrons. The molecule has 0 N–H and O–H groups in total. The molecule has 0 spiro atoms. The highest BCUT2D eigenvalue weighted by atomic mass is 127. The number of anilines is 1. The predicted molar refractivity (Wildman–Crippen MR) is 202 cm³/mol. The Balaban J connectivity index is 0.0000106. The highest BCUT2D eigenvalue weighted by Crippen LogP contribution is 2.19. The van der Waals surface area contributed by atoms with Crippen LogP contribution >= 0.6 is 0 Å². The summed E-state index contributed by atoms with van der Waals surface area (Å²) in [7, 11) is 0. The molecular formula is C43H73IN2. The molecule has 46 heavy (non-hydrogen) atoms. The topological polar surface area (TPSA) is 7.12 Å². The fraction of sp³-hybridized carbons (Fsp3) is 0.698. The van der Waals surface area contributed by atoms with Crippen molar-refractivity contribution in [2.45, 2.75) is 181 Å². The van der Waals surface area contributed by atoms with Gasteiger partial charge >= 0.3 is 0 Å². The Labute approximate surface area is 304 Å². The van der Waals surface area contributed by atoms with E-state index in [1.807, 2.05) is 0 Å². The Morgan fingerprint density at radius 3 is 1.20 bits per heavy atom. The Kier molecular flexibility index (Phi) is 28.7. The molecule has 0 aliphatic carbocycles. The molecule has 0 unspecified atom stereocenters. The van der Waals surface area contributed by atoms with Crippen LogP contribution in [0.5, 0.6) is 0 Å². The van der Waals surface area contributed by atoms with Crippen molar-refractivity contribution in [1.29, 1.82) is 0 Å². The number of benzene rings is 1. The van der Waals surface area contributed by atoms with E-state index in [9.17, 15) is 0 Å². The largest absolute Gasteiger partial charge is 1.00 e. The minimum atomic E-state index is 0. The van der Waals surface area contributed by atoms with Gasteiger partial charge in [-0.3, -0.25) is 0 Å². The molecule has 1 aromatic heterocycles. The highest BCUT2D eigenvalue weighted by Gasteiger charge is 2.07. The number of rotatable bonds is 30. The van der Waals surface area contributed by atoms with Crippen LogP contribution in [0.15, 0.2) is 48.8 Å². The highest BCUT2D eigenvalue weighted by molar-refractivity contribution is 5.70. The second-order valence-electron chi connectivity index (χ2n) is 13.7. The Morgan fingerprint density at radius 2 is 0.783 bits per heavy atom. The third-order valence-electron chi connectivity index (χ3n) is 9.48. The molecule has 0 saturated carbocycles. The molecule has 2 nitrogen and oxygen atoms in total. The first-order valence-corrected chi connectivity index (χ1v) is 19.8. The molecule has 0 aliphatic heterocycles. The first-order valence-electron chi connectivity index (χ1n) is 19.8. The third-order valence-corrected chi connectivity index (χ3v) is 9.48. The van der Waals surface area contributed by atoms with Crippen LogP contribution < -0.4 is 33.4 Å². The van der Waals surface area contributed by atoms with Crippen molar-refractivity contribution < 1.29 is 28.5 Å². The van der Waals surface area contributed by atoms with E-state index >= 15 is 0 Å². The SMILES string of the molecule is CCCCCCCCCCCCCCCCCC[n+]1ccc(C=Cc2ccc(N(CCCCCC)CCCCCC)cc2)cc1.[I-]. The van der Waals surface area contributed by atoms with Gasteiger partial charge in [0, 0.05) is 37.3 Å². The number of hydrogen-bond acceptors (Lipinski definition) is 1. The van der Waals surface area contributed by atoms with Gasteiger partial charge in [0.15, 0.2) is 12.4 Å². The summed E-state index contributed by atoms with van der Waals surface area (Å²) in [5.41, 5.74) is 3.94. The lowest BCUT2D eigenvalue weighted by atomic mass is 10.0. The number of aromatic nitrogens is 1. The van der Waals surface area contributed by atoms with E-state index < -0.39 is 0 Å². The number of pyridine rings is 1. The Bertz CT molecular complexity index is 924. The molecule has 3 heteroatoms. The van der Waals surface area contributed by atoms with E-state index in [2.05, 4.69) is 91.2 Å². The summed E-state index contributed by atoms with van der Waals surface area (Å²) in [6.07, 6.45) is 42.4. The summed E-state index contributed by atoms with van der Waals surface area (Å²) in [4.78, 5) is 2.62. The summed E-state index contributed by atoms with van der Waals surface area (Å²) >= 11 is 0. The van der Waals surface area contributed by atoms with E-state index in [0.29, 0.717) is 0 Å². The van der Waals surface area contributed by atoms with Crippen LogP contribution in [0, 0.1) is 0 Å². The predicted octanol–water partition coefficient (Wildman–Crippen LogP) is 10.4. The van der Waals surface area contributed by atoms with Crippen LogP contribution in [0.2, 0.25) is 0 Å². The lowest BCUT2D eigenvalue weighted by Crippen LogP contribution is -3.00. The van der Waals surface area contributed by atoms with Crippen LogP contribution in [0.25, 0.3) is 12.2 Å². The maximum Gasteiger partial charge on any atom is 0.169 e. The second kappa shape index (κ2) is 30.9. The zero-order valence-corrected chi connectivity index (χ0v) is 32.8. The molecule has 0 bridgehead atoms. The van der Waals surface area contributed by atoms with Crippen molar-refractivity contribution in [1.82, 2.24) is 0 Å². The molecule has 2 aromatic rings. The van der Waals surface area contributed by atoms with Gasteiger partial charge in [-0.1, -0.05) is 173 Å². The zero-order chi connectivity index (χ0) is 32.0. The van der Waals surface area contributed by atoms with Gasteiger partial charge in [-0.25, -0.2) is 4.57 Å². The summed E-state index contributed by atoms with van der Waals surface area (Å²) in [5, 5.41) is 0. The molecule has 0 saturated heterocycles. The van der Waals surface area contributed by atoms with Gasteiger partial charge in [-0.05, 0) is 42.5 Å². The lowest BCUT2D eigenvalue weighted by molar-refractivity contribution is -0.697. The number of nitrogens with zero attached hydrogens (tertiary/aromatic N) is 2. The maximum atomic E-state index is 2.62. The van der Waals surface area contributed by atoms with Crippen molar-refractivity contribution in [2.24, 2.45) is 0 Å². The first-order chi connectivity index (χ1) is 22.3. The molecule has 0 fully saturated rings. The van der Waals surface area contributed by atoms with Crippen LogP contribution in [0.1, 0.15) is 186 Å². The number of halogens is 1. The molecule has 0 aliphatic rings. The molecule has 1 heterocycles. The Morgan fingerprint density at radius 1 is 0.435 bits per heavy atom. The molecule has 0 radical (unpaired) electrons. The van der Waals surface area contributed by atoms with Crippen LogP contribution in [-0.4, -0.2) is 13.1 Å². The average Bonchev–Trinajstić information content (AvgIpc) is 3.07. The van der Waals surface area contributed by atoms with Crippen molar-refractivity contribution in [3.63, 3.8) is 0 Å². The van der Waals surface area contributed by atoms with Crippen LogP contribution in [-0.2, 0) is 6.54 Å². The first kappa shape index (κ1) is 42.7. The van der Waals surface area contributed by atoms with E-state index in [1.165, 1.54) is 184 Å². The van der Waals surface area contributed by atoms with Gasteiger partial charge < -0.3 is 28.9 Å². The smallest absolute Gasteiger partial charge is 0.169 e. The van der Waals surface area contributed by atoms with Crippen LogP contribution in [0.4, 0.5) is 5.69 Å². The average molecular weight is 745 g/mol. The lowest BCUT2D eigenvalue weighted by Gasteiger charge is -2.25. The number of hydrogen-bond donors (Lipinski definition) is 0. The summed E-state index contributed by atoms with van der Waals surface area (Å²) in [5.74, 6) is 0. The van der Waals surface area contributed by atoms with Crippen molar-refractivity contribution >= 4 is 17.8 Å². The van der Waals surface area contributed by atoms with Gasteiger partial charge in [-0.2, -0.15) is 0 Å². The van der Waals surface area contributed by atoms with Gasteiger partial charge in [0.25, 0.3) is 0 Å². The van der Waals surface area contributed by atoms with Crippen molar-refractivity contribution in [3.8, 4) is 0 Å². The maximum absolute atomic E-state index is 2.62. The fourth-order valence-electron chi connectivity index (χ4n) is 6.39. The van der Waals surface area contributed by atoms with Gasteiger partial charge in [0.05, 0.1) is 0 Å². The molecular weight excluding hydrogens is 671 g/mol. The number of aryl methyl sites for hydroxylation is 1. The molecule has 0 amide bonds. The summed E-state index contributed by atoms with van der Waals surface area (Å²) in [6.45, 7) is 10.4.